The van der Waals surface area contributed by atoms with Gasteiger partial charge in [0.05, 0.1) is 20.9 Å². The lowest BCUT2D eigenvalue weighted by molar-refractivity contribution is 1.47. The molecule has 0 aliphatic rings. The fourth-order valence-corrected chi connectivity index (χ4v) is 9.31. The van der Waals surface area contributed by atoms with Crippen LogP contribution in [0, 0.1) is 97.1 Å². The molecule has 384 valence electrons. The molecule has 0 atom stereocenters. The van der Waals surface area contributed by atoms with Gasteiger partial charge in [-0.25, -0.2) is 9.97 Å². The predicted molar refractivity (Wildman–Crippen MR) is 334 cm³/mol. The maximum atomic E-state index is 4.99. The lowest BCUT2D eigenvalue weighted by Gasteiger charge is -2.06. The molecular formula is C82H46N2. The van der Waals surface area contributed by atoms with Gasteiger partial charge in [-0.05, 0) is 142 Å². The average Bonchev–Trinajstić information content (AvgIpc) is 3.75. The van der Waals surface area contributed by atoms with Crippen LogP contribution in [0.4, 0.5) is 0 Å². The van der Waals surface area contributed by atoms with Gasteiger partial charge in [-0.2, -0.15) is 0 Å². The van der Waals surface area contributed by atoms with E-state index in [1.807, 2.05) is 182 Å². The highest BCUT2D eigenvalue weighted by molar-refractivity contribution is 5.81. The lowest BCUT2D eigenvalue weighted by Crippen LogP contribution is -2.05. The van der Waals surface area contributed by atoms with Gasteiger partial charge in [0.15, 0.2) is 0 Å². The molecule has 8 aromatic carbocycles. The molecule has 0 radical (unpaired) electrons. The van der Waals surface area contributed by atoms with Crippen molar-refractivity contribution in [1.29, 1.82) is 0 Å². The monoisotopic (exact) mass is 1060 g/mol. The topological polar surface area (TPSA) is 25.8 Å². The van der Waals surface area contributed by atoms with Crippen molar-refractivity contribution < 1.29 is 0 Å². The van der Waals surface area contributed by atoms with Crippen LogP contribution in [0.2, 0.25) is 0 Å². The normalized spacial score (nSPS) is 9.62. The molecule has 11 rings (SSSR count). The summed E-state index contributed by atoms with van der Waals surface area (Å²) in [6.45, 7) is 0. The lowest BCUT2D eigenvalue weighted by atomic mass is 9.96. The Balaban J connectivity index is 1.27. The van der Waals surface area contributed by atoms with Crippen LogP contribution in [0.15, 0.2) is 279 Å². The summed E-state index contributed by atoms with van der Waals surface area (Å²) >= 11 is 0. The Labute approximate surface area is 493 Å². The molecule has 2 nitrogen and oxygen atoms in total. The van der Waals surface area contributed by atoms with Gasteiger partial charge in [-0.1, -0.05) is 279 Å². The highest BCUT2D eigenvalue weighted by Crippen LogP contribution is 2.23. The molecule has 4 bridgehead atoms. The molecule has 0 aliphatic carbocycles. The molecule has 0 saturated heterocycles. The molecule has 2 heteroatoms. The van der Waals surface area contributed by atoms with Crippen molar-refractivity contribution in [3.05, 3.63) is 441 Å². The van der Waals surface area contributed by atoms with Crippen LogP contribution in [0.5, 0.6) is 0 Å². The number of hydrogen-bond donors (Lipinski definition) is 0. The quantitative estimate of drug-likeness (QED) is 0.152. The summed E-state index contributed by atoms with van der Waals surface area (Å²) in [4.78, 5) is 9.98. The Morgan fingerprint density at radius 1 is 0.167 bits per heavy atom. The number of pyridine rings is 2. The highest BCUT2D eigenvalue weighted by atomic mass is 14.7. The fraction of sp³-hybridized carbons (Fsp3) is 0. The van der Waals surface area contributed by atoms with E-state index in [1.54, 1.807) is 0 Å². The van der Waals surface area contributed by atoms with Crippen molar-refractivity contribution in [2.75, 3.05) is 0 Å². The fourth-order valence-electron chi connectivity index (χ4n) is 9.31. The highest BCUT2D eigenvalue weighted by Gasteiger charge is 2.09. The second-order valence-electron chi connectivity index (χ2n) is 18.7. The van der Waals surface area contributed by atoms with Gasteiger partial charge in [0, 0.05) is 22.3 Å². The largest absolute Gasteiger partial charge is 0.231 e. The van der Waals surface area contributed by atoms with Crippen molar-refractivity contribution >= 4 is 44.4 Å². The van der Waals surface area contributed by atoms with Crippen LogP contribution in [-0.4, -0.2) is 9.97 Å². The first kappa shape index (κ1) is 53.5. The molecule has 0 unspecified atom stereocenters. The molecule has 84 heavy (non-hydrogen) atoms. The van der Waals surface area contributed by atoms with Gasteiger partial charge in [0.2, 0.25) is 0 Å². The van der Waals surface area contributed by atoms with E-state index < -0.39 is 0 Å². The Bertz CT molecular complexity index is 3840. The van der Waals surface area contributed by atoms with E-state index in [4.69, 9.17) is 9.97 Å². The second kappa shape index (κ2) is 27.4. The molecule has 0 N–H and O–H groups in total. The summed E-state index contributed by atoms with van der Waals surface area (Å²) in [5.41, 5.74) is 13.0. The number of nitrogens with zero attached hydrogens (tertiary/aromatic N) is 2. The minimum Gasteiger partial charge on any atom is -0.231 e. The molecule has 0 spiro atoms. The standard InChI is InChI=1S/C82H46N2/c1-9-31-63(32-10-1)79(64-33-11-2-12-34-64)71-47-25-26-48-72(80(65-35-13-3-14-36-65)66-37-15-4-16-38-66)56-61-77-53-30-54-78(84-77)62-58-74(82(69-43-21-7-22-44-69)70-45-23-8-24-46-70)50-28-27-49-73(57-60-76-52-29-51-75(83-76)59-55-71)81(67-39-17-5-18-40-67)68-41-19-6-20-42-68/h1-24,29-46,51-54H. The summed E-state index contributed by atoms with van der Waals surface area (Å²) in [5.74, 6) is 0. The van der Waals surface area contributed by atoms with Crippen LogP contribution in [0.1, 0.15) is 44.5 Å². The van der Waals surface area contributed by atoms with E-state index in [2.05, 4.69) is 194 Å². The average molecular weight is 1060 g/mol. The Morgan fingerprint density at radius 3 is 0.500 bits per heavy atom. The molecule has 0 amide bonds. The maximum Gasteiger partial charge on any atom is 0.115 e. The van der Waals surface area contributed by atoms with Crippen molar-refractivity contribution in [2.45, 2.75) is 0 Å². The van der Waals surface area contributed by atoms with Crippen molar-refractivity contribution in [2.24, 2.45) is 0 Å². The van der Waals surface area contributed by atoms with E-state index >= 15 is 0 Å². The summed E-state index contributed by atoms with van der Waals surface area (Å²) in [7, 11) is 0. The first-order valence-electron chi connectivity index (χ1n) is 27.2. The number of hydrogen-bond acceptors (Lipinski definition) is 2. The number of rotatable bonds is 8. The number of benzene rings is 8. The summed E-state index contributed by atoms with van der Waals surface area (Å²) in [6, 6.07) is 146. The first-order valence-corrected chi connectivity index (χ1v) is 27.2. The maximum absolute atomic E-state index is 4.99. The van der Waals surface area contributed by atoms with E-state index in [0.717, 1.165) is 66.8 Å². The zero-order valence-electron chi connectivity index (χ0n) is 45.5. The smallest absolute Gasteiger partial charge is 0.115 e. The minimum absolute atomic E-state index is 0.504. The van der Waals surface area contributed by atoms with Crippen LogP contribution in [0.25, 0.3) is 44.4 Å². The van der Waals surface area contributed by atoms with Gasteiger partial charge >= 0.3 is 0 Å². The third kappa shape index (κ3) is 13.8. The minimum atomic E-state index is 0.504. The van der Waals surface area contributed by atoms with Crippen LogP contribution in [-0.2, 0) is 0 Å². The Kier molecular flexibility index (Phi) is 17.4. The molecule has 0 saturated carbocycles. The third-order valence-electron chi connectivity index (χ3n) is 13.1. The van der Waals surface area contributed by atoms with Gasteiger partial charge in [-0.3, -0.25) is 0 Å². The predicted octanol–water partition coefficient (Wildman–Crippen LogP) is 13.6. The molecule has 3 heterocycles. The molecule has 0 aliphatic heterocycles. The summed E-state index contributed by atoms with van der Waals surface area (Å²) in [5, 5.41) is 2.23. The van der Waals surface area contributed by atoms with Gasteiger partial charge < -0.3 is 0 Å². The van der Waals surface area contributed by atoms with Crippen molar-refractivity contribution in [1.82, 2.24) is 9.97 Å². The Hall–Kier alpha value is -12.5. The van der Waals surface area contributed by atoms with Crippen LogP contribution >= 0.6 is 0 Å². The summed E-state index contributed by atoms with van der Waals surface area (Å²) in [6.07, 6.45) is 0. The van der Waals surface area contributed by atoms with Crippen LogP contribution in [0.3, 0.4) is 0 Å². The number of fused-ring (bicyclic) bond motifs is 4. The van der Waals surface area contributed by atoms with E-state index in [-0.39, 0.29) is 0 Å². The first-order chi connectivity index (χ1) is 41.7. The van der Waals surface area contributed by atoms with Crippen molar-refractivity contribution in [3.8, 4) is 0 Å². The van der Waals surface area contributed by atoms with Gasteiger partial charge in [-0.15, -0.1) is 0 Å². The van der Waals surface area contributed by atoms with Crippen LogP contribution < -0.4 is 20.9 Å². The molecule has 3 aromatic heterocycles. The van der Waals surface area contributed by atoms with Gasteiger partial charge in [0.25, 0.3) is 0 Å². The zero-order valence-corrected chi connectivity index (χ0v) is 45.5. The SMILES string of the molecule is c1c#cc(=C(c2ccccc2)c2ccccc2)c#cc2cccc(c#cc(=C(c3ccccc3)c3ccccc3)c#cc#cc(=C(c3ccccc3)c3ccccc3)c#cc3cccc(c#cc(=C(c4ccccc4)c4ccccc4)c#1)n3)n2. The Morgan fingerprint density at radius 2 is 0.333 bits per heavy atom. The zero-order chi connectivity index (χ0) is 56.8. The summed E-state index contributed by atoms with van der Waals surface area (Å²) < 4.78 is 0. The number of aromatic nitrogens is 2. The van der Waals surface area contributed by atoms with E-state index in [9.17, 15) is 0 Å². The molecule has 11 aromatic rings. The van der Waals surface area contributed by atoms with Crippen molar-refractivity contribution in [3.63, 3.8) is 0 Å². The second-order valence-corrected chi connectivity index (χ2v) is 18.7. The molecular weight excluding hydrogens is 1010 g/mol. The van der Waals surface area contributed by atoms with E-state index in [0.29, 0.717) is 42.9 Å². The van der Waals surface area contributed by atoms with E-state index in [1.165, 1.54) is 0 Å². The third-order valence-corrected chi connectivity index (χ3v) is 13.1. The van der Waals surface area contributed by atoms with Gasteiger partial charge in [0.1, 0.15) is 22.1 Å². The molecule has 0 fully saturated rings.